The summed E-state index contributed by atoms with van der Waals surface area (Å²) >= 11 is 0. The van der Waals surface area contributed by atoms with Crippen LogP contribution in [0.15, 0.2) is 0 Å². The Hall–Kier alpha value is -0.810. The molecule has 2 amide bonds. The number of halogens is 1. The van der Waals surface area contributed by atoms with Gasteiger partial charge in [0.15, 0.2) is 0 Å². The molecule has 21 heavy (non-hydrogen) atoms. The first-order valence-electron chi connectivity index (χ1n) is 7.90. The Bertz CT molecular complexity index is 418. The average Bonchev–Trinajstić information content (AvgIpc) is 2.85. The number of nitrogens with two attached hydrogens (primary N) is 1. The largest absolute Gasteiger partial charge is 0.351 e. The first-order valence-corrected chi connectivity index (χ1v) is 7.90. The van der Waals surface area contributed by atoms with E-state index in [1.807, 2.05) is 4.90 Å². The van der Waals surface area contributed by atoms with Crippen LogP contribution >= 0.6 is 12.4 Å². The lowest BCUT2D eigenvalue weighted by atomic mass is 9.95. The van der Waals surface area contributed by atoms with E-state index in [0.29, 0.717) is 37.4 Å². The van der Waals surface area contributed by atoms with E-state index in [9.17, 15) is 9.59 Å². The highest BCUT2D eigenvalue weighted by molar-refractivity contribution is 5.85. The molecule has 120 valence electrons. The number of hydrogen-bond acceptors (Lipinski definition) is 3. The lowest BCUT2D eigenvalue weighted by Crippen LogP contribution is -2.42. The van der Waals surface area contributed by atoms with Crippen molar-refractivity contribution in [2.75, 3.05) is 13.1 Å². The summed E-state index contributed by atoms with van der Waals surface area (Å²) in [5.41, 5.74) is 5.74. The molecule has 2 aliphatic carbocycles. The molecule has 0 aromatic rings. The predicted octanol–water partition coefficient (Wildman–Crippen LogP) is 0.909. The normalized spacial score (nSPS) is 38.3. The summed E-state index contributed by atoms with van der Waals surface area (Å²) in [5, 5.41) is 3.09. The monoisotopic (exact) mass is 315 g/mol. The SMILES string of the molecule is CC1CC1N1CC(NC(=O)[C@@H]2CCC[C@@H]2CN)CC1=O.Cl. The van der Waals surface area contributed by atoms with Crippen molar-refractivity contribution in [2.24, 2.45) is 23.5 Å². The molecule has 1 aliphatic heterocycles. The summed E-state index contributed by atoms with van der Waals surface area (Å²) in [7, 11) is 0. The molecule has 6 heteroatoms. The number of likely N-dealkylation sites (tertiary alicyclic amines) is 1. The minimum atomic E-state index is 0. The molecular weight excluding hydrogens is 290 g/mol. The van der Waals surface area contributed by atoms with Crippen LogP contribution in [0.25, 0.3) is 0 Å². The number of rotatable bonds is 4. The van der Waals surface area contributed by atoms with Crippen molar-refractivity contribution in [2.45, 2.75) is 51.1 Å². The van der Waals surface area contributed by atoms with Gasteiger partial charge in [-0.3, -0.25) is 9.59 Å². The molecule has 0 aromatic carbocycles. The second kappa shape index (κ2) is 6.53. The van der Waals surface area contributed by atoms with E-state index in [0.717, 1.165) is 25.7 Å². The quantitative estimate of drug-likeness (QED) is 0.809. The molecule has 2 saturated carbocycles. The van der Waals surface area contributed by atoms with Crippen molar-refractivity contribution in [3.63, 3.8) is 0 Å². The fourth-order valence-corrected chi connectivity index (χ4v) is 3.86. The average molecular weight is 316 g/mol. The summed E-state index contributed by atoms with van der Waals surface area (Å²) in [6.07, 6.45) is 4.68. The lowest BCUT2D eigenvalue weighted by Gasteiger charge is -2.21. The van der Waals surface area contributed by atoms with Crippen molar-refractivity contribution in [3.05, 3.63) is 0 Å². The number of nitrogens with one attached hydrogen (secondary N) is 1. The van der Waals surface area contributed by atoms with Crippen LogP contribution in [-0.2, 0) is 9.59 Å². The third-order valence-corrected chi connectivity index (χ3v) is 5.27. The van der Waals surface area contributed by atoms with E-state index < -0.39 is 0 Å². The Morgan fingerprint density at radius 1 is 1.43 bits per heavy atom. The van der Waals surface area contributed by atoms with Crippen molar-refractivity contribution in [1.29, 1.82) is 0 Å². The molecular formula is C15H26ClN3O2. The highest BCUT2D eigenvalue weighted by Gasteiger charge is 2.45. The molecule has 3 fully saturated rings. The Morgan fingerprint density at radius 3 is 2.76 bits per heavy atom. The Morgan fingerprint density at radius 2 is 2.14 bits per heavy atom. The second-order valence-corrected chi connectivity index (χ2v) is 6.77. The van der Waals surface area contributed by atoms with E-state index in [1.54, 1.807) is 0 Å². The first-order chi connectivity index (χ1) is 9.60. The molecule has 0 bridgehead atoms. The van der Waals surface area contributed by atoms with Gasteiger partial charge in [-0.2, -0.15) is 0 Å². The number of carbonyl (C=O) groups excluding carboxylic acids is 2. The summed E-state index contributed by atoms with van der Waals surface area (Å²) in [6, 6.07) is 0.425. The molecule has 5 nitrogen and oxygen atoms in total. The zero-order valence-electron chi connectivity index (χ0n) is 12.6. The van der Waals surface area contributed by atoms with Gasteiger partial charge in [0.25, 0.3) is 0 Å². The fourth-order valence-electron chi connectivity index (χ4n) is 3.86. The molecule has 1 saturated heterocycles. The minimum absolute atomic E-state index is 0. The maximum atomic E-state index is 12.3. The van der Waals surface area contributed by atoms with Crippen LogP contribution in [0, 0.1) is 17.8 Å². The van der Waals surface area contributed by atoms with Gasteiger partial charge in [-0.05, 0) is 37.6 Å². The van der Waals surface area contributed by atoms with Gasteiger partial charge < -0.3 is 16.0 Å². The second-order valence-electron chi connectivity index (χ2n) is 6.77. The van der Waals surface area contributed by atoms with E-state index >= 15 is 0 Å². The summed E-state index contributed by atoms with van der Waals surface area (Å²) in [6.45, 7) is 3.46. The molecule has 3 rings (SSSR count). The van der Waals surface area contributed by atoms with Crippen LogP contribution in [0.2, 0.25) is 0 Å². The molecule has 0 radical (unpaired) electrons. The zero-order valence-corrected chi connectivity index (χ0v) is 13.4. The van der Waals surface area contributed by atoms with E-state index in [2.05, 4.69) is 12.2 Å². The Kier molecular flexibility index (Phi) is 5.15. The summed E-state index contributed by atoms with van der Waals surface area (Å²) in [5.74, 6) is 1.33. The number of carbonyl (C=O) groups is 2. The van der Waals surface area contributed by atoms with Crippen molar-refractivity contribution >= 4 is 24.2 Å². The Balaban J connectivity index is 0.00000161. The third-order valence-electron chi connectivity index (χ3n) is 5.27. The summed E-state index contributed by atoms with van der Waals surface area (Å²) < 4.78 is 0. The van der Waals surface area contributed by atoms with Crippen molar-refractivity contribution in [1.82, 2.24) is 10.2 Å². The fraction of sp³-hybridized carbons (Fsp3) is 0.867. The molecule has 3 N–H and O–H groups in total. The zero-order chi connectivity index (χ0) is 14.3. The van der Waals surface area contributed by atoms with Gasteiger partial charge in [-0.1, -0.05) is 13.3 Å². The highest BCUT2D eigenvalue weighted by atomic mass is 35.5. The molecule has 0 aromatic heterocycles. The smallest absolute Gasteiger partial charge is 0.225 e. The predicted molar refractivity (Wildman–Crippen MR) is 83.0 cm³/mol. The standard InChI is InChI=1S/C15H25N3O2.ClH/c1-9-5-13(9)18-8-11(6-14(18)19)17-15(20)12-4-2-3-10(12)7-16;/h9-13H,2-8,16H2,1H3,(H,17,20);1H/t9?,10-,11?,12-,13?;/m1./s1. The minimum Gasteiger partial charge on any atom is -0.351 e. The van der Waals surface area contributed by atoms with Gasteiger partial charge in [-0.25, -0.2) is 0 Å². The van der Waals surface area contributed by atoms with Crippen LogP contribution in [0.1, 0.15) is 39.0 Å². The van der Waals surface area contributed by atoms with E-state index in [1.165, 1.54) is 0 Å². The maximum Gasteiger partial charge on any atom is 0.225 e. The van der Waals surface area contributed by atoms with Crippen LogP contribution in [0.3, 0.4) is 0 Å². The number of nitrogens with zero attached hydrogens (tertiary/aromatic N) is 1. The maximum absolute atomic E-state index is 12.3. The highest BCUT2D eigenvalue weighted by Crippen LogP contribution is 2.37. The van der Waals surface area contributed by atoms with E-state index in [4.69, 9.17) is 5.73 Å². The number of amides is 2. The Labute approximate surface area is 132 Å². The third kappa shape index (κ3) is 3.34. The molecule has 3 aliphatic rings. The van der Waals surface area contributed by atoms with Crippen molar-refractivity contribution < 1.29 is 9.59 Å². The topological polar surface area (TPSA) is 75.4 Å². The summed E-state index contributed by atoms with van der Waals surface area (Å²) in [4.78, 5) is 26.3. The molecule has 1 heterocycles. The molecule has 0 spiro atoms. The molecule has 5 atom stereocenters. The van der Waals surface area contributed by atoms with Gasteiger partial charge in [-0.15, -0.1) is 12.4 Å². The van der Waals surface area contributed by atoms with Gasteiger partial charge >= 0.3 is 0 Å². The molecule has 3 unspecified atom stereocenters. The van der Waals surface area contributed by atoms with Crippen LogP contribution in [0.5, 0.6) is 0 Å². The van der Waals surface area contributed by atoms with E-state index in [-0.39, 0.29) is 36.2 Å². The van der Waals surface area contributed by atoms with Crippen molar-refractivity contribution in [3.8, 4) is 0 Å². The lowest BCUT2D eigenvalue weighted by molar-refractivity contribution is -0.128. The van der Waals surface area contributed by atoms with Crippen LogP contribution in [0.4, 0.5) is 0 Å². The number of hydrogen-bond donors (Lipinski definition) is 2. The van der Waals surface area contributed by atoms with Crippen LogP contribution in [-0.4, -0.2) is 41.9 Å². The van der Waals surface area contributed by atoms with Gasteiger partial charge in [0.2, 0.25) is 11.8 Å². The van der Waals surface area contributed by atoms with Gasteiger partial charge in [0.1, 0.15) is 0 Å². The van der Waals surface area contributed by atoms with Gasteiger partial charge in [0.05, 0.1) is 6.04 Å². The van der Waals surface area contributed by atoms with Gasteiger partial charge in [0, 0.05) is 24.9 Å². The van der Waals surface area contributed by atoms with Crippen LogP contribution < -0.4 is 11.1 Å². The first kappa shape index (κ1) is 16.6.